The smallest absolute Gasteiger partial charge is 0.233 e. The molecular formula is C24H36N2O. The SMILES string of the molecule is CCCCCCCCCc1ccc(-c2ccc(OCC(C)CC)nn2)cc1. The molecule has 0 bridgehead atoms. The van der Waals surface area contributed by atoms with Gasteiger partial charge >= 0.3 is 0 Å². The van der Waals surface area contributed by atoms with Crippen molar-refractivity contribution in [3.8, 4) is 17.1 Å². The van der Waals surface area contributed by atoms with Crippen LogP contribution < -0.4 is 4.74 Å². The Balaban J connectivity index is 1.75. The van der Waals surface area contributed by atoms with Gasteiger partial charge in [0.15, 0.2) is 0 Å². The summed E-state index contributed by atoms with van der Waals surface area (Å²) < 4.78 is 5.68. The lowest BCUT2D eigenvalue weighted by molar-refractivity contribution is 0.245. The molecule has 0 saturated heterocycles. The van der Waals surface area contributed by atoms with Gasteiger partial charge in [-0.15, -0.1) is 10.2 Å². The van der Waals surface area contributed by atoms with Crippen LogP contribution in [0.4, 0.5) is 0 Å². The Labute approximate surface area is 165 Å². The predicted octanol–water partition coefficient (Wildman–Crippen LogP) is 6.86. The predicted molar refractivity (Wildman–Crippen MR) is 114 cm³/mol. The number of rotatable bonds is 13. The molecule has 0 aliphatic rings. The number of hydrogen-bond acceptors (Lipinski definition) is 3. The number of aryl methyl sites for hydroxylation is 1. The highest BCUT2D eigenvalue weighted by Gasteiger charge is 2.04. The number of benzene rings is 1. The third-order valence-electron chi connectivity index (χ3n) is 5.17. The Hall–Kier alpha value is -1.90. The lowest BCUT2D eigenvalue weighted by atomic mass is 10.0. The zero-order valence-electron chi connectivity index (χ0n) is 17.4. The summed E-state index contributed by atoms with van der Waals surface area (Å²) in [7, 11) is 0. The highest BCUT2D eigenvalue weighted by atomic mass is 16.5. The average Bonchev–Trinajstić information content (AvgIpc) is 2.72. The van der Waals surface area contributed by atoms with Gasteiger partial charge < -0.3 is 4.74 Å². The zero-order valence-corrected chi connectivity index (χ0v) is 17.4. The van der Waals surface area contributed by atoms with Crippen molar-refractivity contribution in [1.29, 1.82) is 0 Å². The first kappa shape index (κ1) is 21.4. The van der Waals surface area contributed by atoms with E-state index in [1.54, 1.807) is 0 Å². The first-order chi connectivity index (χ1) is 13.2. The van der Waals surface area contributed by atoms with E-state index in [1.807, 2.05) is 12.1 Å². The molecule has 27 heavy (non-hydrogen) atoms. The minimum Gasteiger partial charge on any atom is -0.476 e. The summed E-state index contributed by atoms with van der Waals surface area (Å²) in [4.78, 5) is 0. The Kier molecular flexibility index (Phi) is 9.89. The number of nitrogens with zero attached hydrogens (tertiary/aromatic N) is 2. The molecule has 1 unspecified atom stereocenters. The van der Waals surface area contributed by atoms with Crippen LogP contribution in [0.1, 0.15) is 77.7 Å². The van der Waals surface area contributed by atoms with Gasteiger partial charge in [0.05, 0.1) is 12.3 Å². The molecule has 2 aromatic rings. The molecule has 1 atom stereocenters. The van der Waals surface area contributed by atoms with E-state index in [-0.39, 0.29) is 0 Å². The first-order valence-electron chi connectivity index (χ1n) is 10.8. The van der Waals surface area contributed by atoms with Crippen LogP contribution in [0.3, 0.4) is 0 Å². The lowest BCUT2D eigenvalue weighted by Gasteiger charge is -2.10. The van der Waals surface area contributed by atoms with Crippen LogP contribution in [0.2, 0.25) is 0 Å². The van der Waals surface area contributed by atoms with Crippen molar-refractivity contribution in [2.24, 2.45) is 5.92 Å². The molecule has 3 heteroatoms. The summed E-state index contributed by atoms with van der Waals surface area (Å²) in [6.45, 7) is 7.30. The largest absolute Gasteiger partial charge is 0.476 e. The van der Waals surface area contributed by atoms with E-state index in [9.17, 15) is 0 Å². The maximum absolute atomic E-state index is 5.68. The van der Waals surface area contributed by atoms with Crippen LogP contribution in [0.15, 0.2) is 36.4 Å². The summed E-state index contributed by atoms with van der Waals surface area (Å²) in [6.07, 6.45) is 11.8. The van der Waals surface area contributed by atoms with E-state index in [2.05, 4.69) is 55.2 Å². The number of hydrogen-bond donors (Lipinski definition) is 0. The van der Waals surface area contributed by atoms with Gasteiger partial charge in [0.2, 0.25) is 5.88 Å². The van der Waals surface area contributed by atoms with E-state index in [1.165, 1.54) is 56.9 Å². The average molecular weight is 369 g/mol. The molecule has 148 valence electrons. The fourth-order valence-corrected chi connectivity index (χ4v) is 3.02. The van der Waals surface area contributed by atoms with Gasteiger partial charge in [0, 0.05) is 11.6 Å². The van der Waals surface area contributed by atoms with E-state index in [0.717, 1.165) is 17.7 Å². The monoisotopic (exact) mass is 368 g/mol. The fraction of sp³-hybridized carbons (Fsp3) is 0.583. The van der Waals surface area contributed by atoms with Gasteiger partial charge in [-0.3, -0.25) is 0 Å². The van der Waals surface area contributed by atoms with Crippen molar-refractivity contribution >= 4 is 0 Å². The topological polar surface area (TPSA) is 35.0 Å². The van der Waals surface area contributed by atoms with Gasteiger partial charge in [-0.25, -0.2) is 0 Å². The molecule has 1 aromatic heterocycles. The summed E-state index contributed by atoms with van der Waals surface area (Å²) in [6, 6.07) is 12.7. The van der Waals surface area contributed by atoms with E-state index < -0.39 is 0 Å². The quantitative estimate of drug-likeness (QED) is 0.362. The fourth-order valence-electron chi connectivity index (χ4n) is 3.02. The Morgan fingerprint density at radius 1 is 0.815 bits per heavy atom. The molecular weight excluding hydrogens is 332 g/mol. The number of aromatic nitrogens is 2. The molecule has 0 radical (unpaired) electrons. The van der Waals surface area contributed by atoms with Crippen LogP contribution in [-0.2, 0) is 6.42 Å². The van der Waals surface area contributed by atoms with Crippen LogP contribution in [0, 0.1) is 5.92 Å². The van der Waals surface area contributed by atoms with Crippen LogP contribution in [0.5, 0.6) is 5.88 Å². The third kappa shape index (κ3) is 8.11. The van der Waals surface area contributed by atoms with Crippen molar-refractivity contribution < 1.29 is 4.74 Å². The molecule has 0 aliphatic heterocycles. The van der Waals surface area contributed by atoms with E-state index >= 15 is 0 Å². The highest BCUT2D eigenvalue weighted by Crippen LogP contribution is 2.20. The minimum absolute atomic E-state index is 0.537. The van der Waals surface area contributed by atoms with Gasteiger partial charge in [0.1, 0.15) is 0 Å². The second-order valence-electron chi connectivity index (χ2n) is 7.65. The number of unbranched alkanes of at least 4 members (excludes halogenated alkanes) is 6. The van der Waals surface area contributed by atoms with Gasteiger partial charge in [0.25, 0.3) is 0 Å². The number of ether oxygens (including phenoxy) is 1. The van der Waals surface area contributed by atoms with Crippen LogP contribution >= 0.6 is 0 Å². The van der Waals surface area contributed by atoms with Gasteiger partial charge in [-0.1, -0.05) is 90.0 Å². The first-order valence-corrected chi connectivity index (χ1v) is 10.8. The summed E-state index contributed by atoms with van der Waals surface area (Å²) in [5.74, 6) is 1.14. The van der Waals surface area contributed by atoms with E-state index in [0.29, 0.717) is 18.4 Å². The maximum atomic E-state index is 5.68. The Morgan fingerprint density at radius 3 is 2.15 bits per heavy atom. The molecule has 1 heterocycles. The summed E-state index contributed by atoms with van der Waals surface area (Å²) >= 11 is 0. The van der Waals surface area contributed by atoms with Crippen molar-refractivity contribution in [1.82, 2.24) is 10.2 Å². The molecule has 3 nitrogen and oxygen atoms in total. The lowest BCUT2D eigenvalue weighted by Crippen LogP contribution is -2.08. The Bertz CT molecular complexity index is 622. The van der Waals surface area contributed by atoms with Crippen molar-refractivity contribution in [2.45, 2.75) is 78.6 Å². The van der Waals surface area contributed by atoms with Crippen LogP contribution in [0.25, 0.3) is 11.3 Å². The molecule has 1 aromatic carbocycles. The third-order valence-corrected chi connectivity index (χ3v) is 5.17. The molecule has 2 rings (SSSR count). The second-order valence-corrected chi connectivity index (χ2v) is 7.65. The normalized spacial score (nSPS) is 12.1. The molecule has 0 aliphatic carbocycles. The highest BCUT2D eigenvalue weighted by molar-refractivity contribution is 5.58. The molecule has 0 saturated carbocycles. The van der Waals surface area contributed by atoms with Gasteiger partial charge in [-0.05, 0) is 30.4 Å². The standard InChI is InChI=1S/C24H36N2O/c1-4-6-7-8-9-10-11-12-21-13-15-22(16-14-21)23-17-18-24(26-25-23)27-19-20(3)5-2/h13-18,20H,4-12,19H2,1-3H3. The maximum Gasteiger partial charge on any atom is 0.233 e. The van der Waals surface area contributed by atoms with Gasteiger partial charge in [-0.2, -0.15) is 0 Å². The van der Waals surface area contributed by atoms with Crippen molar-refractivity contribution in [3.63, 3.8) is 0 Å². The van der Waals surface area contributed by atoms with Crippen LogP contribution in [-0.4, -0.2) is 16.8 Å². The van der Waals surface area contributed by atoms with Crippen molar-refractivity contribution in [2.75, 3.05) is 6.61 Å². The summed E-state index contributed by atoms with van der Waals surface area (Å²) in [5.41, 5.74) is 3.42. The summed E-state index contributed by atoms with van der Waals surface area (Å²) in [5, 5.41) is 8.52. The molecule has 0 amide bonds. The Morgan fingerprint density at radius 2 is 1.52 bits per heavy atom. The molecule has 0 spiro atoms. The second kappa shape index (κ2) is 12.5. The minimum atomic E-state index is 0.537. The van der Waals surface area contributed by atoms with E-state index in [4.69, 9.17) is 4.74 Å². The molecule has 0 N–H and O–H groups in total. The molecule has 0 fully saturated rings. The van der Waals surface area contributed by atoms with Crippen molar-refractivity contribution in [3.05, 3.63) is 42.0 Å². The zero-order chi connectivity index (χ0) is 19.3.